The molecular weight excluding hydrogens is 334 g/mol. The van der Waals surface area contributed by atoms with Crippen molar-refractivity contribution in [3.05, 3.63) is 64.7 Å². The van der Waals surface area contributed by atoms with Gasteiger partial charge in [-0.3, -0.25) is 4.98 Å². The van der Waals surface area contributed by atoms with Crippen LogP contribution in [-0.4, -0.2) is 24.0 Å². The molecule has 1 aromatic carbocycles. The van der Waals surface area contributed by atoms with E-state index in [2.05, 4.69) is 9.72 Å². The lowest BCUT2D eigenvalue weighted by Gasteiger charge is -2.12. The number of furan rings is 1. The molecule has 3 rings (SSSR count). The van der Waals surface area contributed by atoms with Crippen molar-refractivity contribution in [3.63, 3.8) is 0 Å². The number of esters is 2. The van der Waals surface area contributed by atoms with Crippen LogP contribution in [0.2, 0.25) is 0 Å². The van der Waals surface area contributed by atoms with Crippen molar-refractivity contribution in [2.24, 2.45) is 0 Å². The summed E-state index contributed by atoms with van der Waals surface area (Å²) in [6.45, 7) is 3.79. The normalized spacial score (nSPS) is 10.7. The fourth-order valence-electron chi connectivity index (χ4n) is 2.84. The number of para-hydroxylation sites is 1. The Kier molecular flexibility index (Phi) is 5.02. The third-order valence-electron chi connectivity index (χ3n) is 4.17. The highest BCUT2D eigenvalue weighted by Crippen LogP contribution is 2.25. The second-order valence-electron chi connectivity index (χ2n) is 5.76. The van der Waals surface area contributed by atoms with Crippen molar-refractivity contribution in [2.75, 3.05) is 7.11 Å². The summed E-state index contributed by atoms with van der Waals surface area (Å²) in [6.07, 6.45) is 0.720. The smallest absolute Gasteiger partial charge is 0.373 e. The molecule has 0 saturated heterocycles. The molecule has 0 amide bonds. The van der Waals surface area contributed by atoms with Gasteiger partial charge in [0.25, 0.3) is 0 Å². The van der Waals surface area contributed by atoms with E-state index in [9.17, 15) is 9.59 Å². The van der Waals surface area contributed by atoms with E-state index >= 15 is 0 Å². The van der Waals surface area contributed by atoms with Crippen molar-refractivity contribution < 1.29 is 23.5 Å². The summed E-state index contributed by atoms with van der Waals surface area (Å²) in [7, 11) is 1.27. The molecule has 0 spiro atoms. The van der Waals surface area contributed by atoms with Gasteiger partial charge in [0.2, 0.25) is 5.76 Å². The zero-order chi connectivity index (χ0) is 18.7. The van der Waals surface area contributed by atoms with Crippen molar-refractivity contribution in [1.82, 2.24) is 4.98 Å². The number of rotatable bonds is 5. The van der Waals surface area contributed by atoms with Crippen LogP contribution in [0, 0.1) is 6.92 Å². The molecule has 0 aliphatic carbocycles. The molecule has 0 radical (unpaired) electrons. The second kappa shape index (κ2) is 7.39. The van der Waals surface area contributed by atoms with E-state index in [0.29, 0.717) is 11.3 Å². The lowest BCUT2D eigenvalue weighted by molar-refractivity contribution is 0.0439. The van der Waals surface area contributed by atoms with Crippen LogP contribution in [0.5, 0.6) is 0 Å². The SMILES string of the molecule is CCc1nc2ccccc2c(C(=O)OCc2ccc(C(=O)OC)o2)c1C. The van der Waals surface area contributed by atoms with E-state index in [4.69, 9.17) is 9.15 Å². The van der Waals surface area contributed by atoms with Gasteiger partial charge in [0.05, 0.1) is 18.2 Å². The minimum Gasteiger partial charge on any atom is -0.463 e. The van der Waals surface area contributed by atoms with Crippen LogP contribution in [0.15, 0.2) is 40.8 Å². The molecule has 2 aromatic heterocycles. The van der Waals surface area contributed by atoms with E-state index in [0.717, 1.165) is 28.6 Å². The van der Waals surface area contributed by atoms with Crippen molar-refractivity contribution in [3.8, 4) is 0 Å². The summed E-state index contributed by atoms with van der Waals surface area (Å²) in [5.74, 6) is -0.596. The zero-order valence-corrected chi connectivity index (χ0v) is 14.9. The van der Waals surface area contributed by atoms with Crippen LogP contribution < -0.4 is 0 Å². The first kappa shape index (κ1) is 17.7. The largest absolute Gasteiger partial charge is 0.463 e. The van der Waals surface area contributed by atoms with Crippen molar-refractivity contribution in [2.45, 2.75) is 26.9 Å². The van der Waals surface area contributed by atoms with Gasteiger partial charge < -0.3 is 13.9 Å². The zero-order valence-electron chi connectivity index (χ0n) is 14.9. The average Bonchev–Trinajstić information content (AvgIpc) is 3.14. The summed E-state index contributed by atoms with van der Waals surface area (Å²) in [5, 5.41) is 0.752. The van der Waals surface area contributed by atoms with Gasteiger partial charge in [-0.1, -0.05) is 25.1 Å². The minimum atomic E-state index is -0.578. The number of fused-ring (bicyclic) bond motifs is 1. The Hall–Kier alpha value is -3.15. The molecule has 2 heterocycles. The second-order valence-corrected chi connectivity index (χ2v) is 5.76. The first-order valence-corrected chi connectivity index (χ1v) is 8.27. The number of aryl methyl sites for hydroxylation is 1. The van der Waals surface area contributed by atoms with Gasteiger partial charge in [-0.05, 0) is 37.1 Å². The number of pyridine rings is 1. The van der Waals surface area contributed by atoms with Gasteiger partial charge in [0, 0.05) is 11.1 Å². The Morgan fingerprint density at radius 3 is 2.62 bits per heavy atom. The summed E-state index contributed by atoms with van der Waals surface area (Å²) in [5.41, 5.74) is 2.94. The predicted molar refractivity (Wildman–Crippen MR) is 95.0 cm³/mol. The molecule has 0 atom stereocenters. The number of ether oxygens (including phenoxy) is 2. The highest BCUT2D eigenvalue weighted by molar-refractivity contribution is 6.05. The van der Waals surface area contributed by atoms with Gasteiger partial charge >= 0.3 is 11.9 Å². The fraction of sp³-hybridized carbons (Fsp3) is 0.250. The van der Waals surface area contributed by atoms with Crippen molar-refractivity contribution >= 4 is 22.8 Å². The Morgan fingerprint density at radius 1 is 1.12 bits per heavy atom. The molecule has 26 heavy (non-hydrogen) atoms. The summed E-state index contributed by atoms with van der Waals surface area (Å²) < 4.78 is 15.3. The van der Waals surface area contributed by atoms with Crippen LogP contribution in [0.4, 0.5) is 0 Å². The Bertz CT molecular complexity index is 973. The van der Waals surface area contributed by atoms with E-state index in [1.807, 2.05) is 38.1 Å². The predicted octanol–water partition coefficient (Wildman–Crippen LogP) is 3.84. The van der Waals surface area contributed by atoms with Gasteiger partial charge in [0.15, 0.2) is 0 Å². The molecule has 6 nitrogen and oxygen atoms in total. The molecule has 3 aromatic rings. The topological polar surface area (TPSA) is 78.6 Å². The molecule has 0 unspecified atom stereocenters. The molecule has 0 bridgehead atoms. The number of hydrogen-bond acceptors (Lipinski definition) is 6. The Morgan fingerprint density at radius 2 is 1.88 bits per heavy atom. The minimum absolute atomic E-state index is 0.0670. The molecule has 6 heteroatoms. The summed E-state index contributed by atoms with van der Waals surface area (Å²) in [6, 6.07) is 10.5. The standard InChI is InChI=1S/C20H19NO5/c1-4-15-12(2)18(14-7-5-6-8-16(14)21-15)20(23)25-11-13-9-10-17(26-13)19(22)24-3/h5-10H,4,11H2,1-3H3. The molecule has 134 valence electrons. The molecule has 0 aliphatic rings. The van der Waals surface area contributed by atoms with Crippen LogP contribution in [-0.2, 0) is 22.5 Å². The Labute approximate surface area is 150 Å². The maximum atomic E-state index is 12.7. The van der Waals surface area contributed by atoms with Gasteiger partial charge in [0.1, 0.15) is 12.4 Å². The number of aromatic nitrogens is 1. The lowest BCUT2D eigenvalue weighted by atomic mass is 10.0. The molecule has 0 N–H and O–H groups in total. The molecule has 0 aliphatic heterocycles. The number of methoxy groups -OCH3 is 1. The third kappa shape index (κ3) is 3.31. The number of nitrogens with zero attached hydrogens (tertiary/aromatic N) is 1. The Balaban J connectivity index is 1.87. The van der Waals surface area contributed by atoms with Gasteiger partial charge in [-0.25, -0.2) is 9.59 Å². The average molecular weight is 353 g/mol. The van der Waals surface area contributed by atoms with Crippen LogP contribution in [0.25, 0.3) is 10.9 Å². The highest BCUT2D eigenvalue weighted by Gasteiger charge is 2.19. The quantitative estimate of drug-likeness (QED) is 0.649. The first-order chi connectivity index (χ1) is 12.5. The van der Waals surface area contributed by atoms with E-state index in [1.54, 1.807) is 6.07 Å². The molecular formula is C20H19NO5. The summed E-state index contributed by atoms with van der Waals surface area (Å²) in [4.78, 5) is 28.8. The van der Waals surface area contributed by atoms with E-state index < -0.39 is 11.9 Å². The fourth-order valence-corrected chi connectivity index (χ4v) is 2.84. The molecule has 0 fully saturated rings. The van der Waals surface area contributed by atoms with Crippen LogP contribution in [0.1, 0.15) is 44.9 Å². The molecule has 0 saturated carbocycles. The maximum Gasteiger partial charge on any atom is 0.373 e. The van der Waals surface area contributed by atoms with Crippen LogP contribution in [0.3, 0.4) is 0 Å². The number of carbonyl (C=O) groups is 2. The maximum absolute atomic E-state index is 12.7. The van der Waals surface area contributed by atoms with Crippen molar-refractivity contribution in [1.29, 1.82) is 0 Å². The number of carbonyl (C=O) groups excluding carboxylic acids is 2. The van der Waals surface area contributed by atoms with Gasteiger partial charge in [-0.2, -0.15) is 0 Å². The van der Waals surface area contributed by atoms with Gasteiger partial charge in [-0.15, -0.1) is 0 Å². The van der Waals surface area contributed by atoms with Crippen LogP contribution >= 0.6 is 0 Å². The first-order valence-electron chi connectivity index (χ1n) is 8.27. The van der Waals surface area contributed by atoms with E-state index in [-0.39, 0.29) is 12.4 Å². The monoisotopic (exact) mass is 353 g/mol. The summed E-state index contributed by atoms with van der Waals surface area (Å²) >= 11 is 0. The highest BCUT2D eigenvalue weighted by atomic mass is 16.5. The number of hydrogen-bond donors (Lipinski definition) is 0. The number of benzene rings is 1. The third-order valence-corrected chi connectivity index (χ3v) is 4.17. The lowest BCUT2D eigenvalue weighted by Crippen LogP contribution is -2.10. The van der Waals surface area contributed by atoms with E-state index in [1.165, 1.54) is 13.2 Å².